The molecule has 7 heteroatoms. The maximum Gasteiger partial charge on any atom is 0.317 e. The van der Waals surface area contributed by atoms with Crippen molar-refractivity contribution in [2.45, 2.75) is 25.7 Å². The molecule has 1 aromatic carbocycles. The van der Waals surface area contributed by atoms with Crippen LogP contribution in [0.15, 0.2) is 30.5 Å². The first-order chi connectivity index (χ1) is 13.1. The molecule has 144 valence electrons. The molecule has 1 saturated carbocycles. The van der Waals surface area contributed by atoms with E-state index in [4.69, 9.17) is 0 Å². The first-order valence-electron chi connectivity index (χ1n) is 9.66. The molecule has 0 spiro atoms. The normalized spacial score (nSPS) is 19.4. The standard InChI is InChI=1S/C20H26N4O3/c25-18(26)20(7-1-2-8-20)14-22-19(27)24-12-10-23(11-13-24)17-5-3-4-16-15(17)6-9-21-16/h3-6,9,21H,1-2,7-8,10-14H2,(H,22,27)(H,25,26). The highest BCUT2D eigenvalue weighted by atomic mass is 16.4. The monoisotopic (exact) mass is 370 g/mol. The number of aromatic nitrogens is 1. The molecule has 2 amide bonds. The van der Waals surface area contributed by atoms with Gasteiger partial charge in [0.05, 0.1) is 5.41 Å². The van der Waals surface area contributed by atoms with Crippen LogP contribution in [0.4, 0.5) is 10.5 Å². The molecule has 2 heterocycles. The molecule has 1 aliphatic carbocycles. The summed E-state index contributed by atoms with van der Waals surface area (Å²) in [5, 5.41) is 13.6. The molecule has 27 heavy (non-hydrogen) atoms. The Balaban J connectivity index is 1.34. The zero-order valence-corrected chi connectivity index (χ0v) is 15.4. The Bertz CT molecular complexity index is 833. The van der Waals surface area contributed by atoms with Crippen molar-refractivity contribution in [3.8, 4) is 0 Å². The number of carbonyl (C=O) groups excluding carboxylic acids is 1. The summed E-state index contributed by atoms with van der Waals surface area (Å²) in [4.78, 5) is 31.5. The molecule has 0 atom stereocenters. The molecular formula is C20H26N4O3. The minimum atomic E-state index is -0.787. The lowest BCUT2D eigenvalue weighted by Gasteiger charge is -2.37. The first kappa shape index (κ1) is 17.7. The van der Waals surface area contributed by atoms with E-state index in [0.29, 0.717) is 25.9 Å². The van der Waals surface area contributed by atoms with E-state index >= 15 is 0 Å². The minimum absolute atomic E-state index is 0.151. The fourth-order valence-electron chi connectivity index (χ4n) is 4.37. The second kappa shape index (κ2) is 7.13. The lowest BCUT2D eigenvalue weighted by Crippen LogP contribution is -2.53. The molecule has 1 aliphatic heterocycles. The Morgan fingerprint density at radius 2 is 1.85 bits per heavy atom. The van der Waals surface area contributed by atoms with E-state index in [1.165, 1.54) is 11.1 Å². The second-order valence-electron chi connectivity index (χ2n) is 7.64. The SMILES string of the molecule is O=C(NCC1(C(=O)O)CCCC1)N1CCN(c2cccc3[nH]ccc23)CC1. The van der Waals surface area contributed by atoms with Gasteiger partial charge in [-0.15, -0.1) is 0 Å². The Morgan fingerprint density at radius 1 is 1.11 bits per heavy atom. The average Bonchev–Trinajstić information content (AvgIpc) is 3.36. The number of nitrogens with zero attached hydrogens (tertiary/aromatic N) is 2. The van der Waals surface area contributed by atoms with Gasteiger partial charge in [-0.05, 0) is 31.0 Å². The molecule has 1 saturated heterocycles. The van der Waals surface area contributed by atoms with Crippen LogP contribution in [-0.4, -0.2) is 59.7 Å². The number of benzene rings is 1. The average molecular weight is 370 g/mol. The summed E-state index contributed by atoms with van der Waals surface area (Å²) in [6.45, 7) is 3.02. The number of carbonyl (C=O) groups is 2. The van der Waals surface area contributed by atoms with E-state index in [-0.39, 0.29) is 12.6 Å². The number of anilines is 1. The van der Waals surface area contributed by atoms with E-state index in [1.807, 2.05) is 12.3 Å². The summed E-state index contributed by atoms with van der Waals surface area (Å²) in [5.74, 6) is -0.787. The van der Waals surface area contributed by atoms with Gasteiger partial charge in [0.15, 0.2) is 0 Å². The van der Waals surface area contributed by atoms with Crippen LogP contribution >= 0.6 is 0 Å². The largest absolute Gasteiger partial charge is 0.481 e. The van der Waals surface area contributed by atoms with Gasteiger partial charge in [-0.25, -0.2) is 4.79 Å². The number of carboxylic acids is 1. The van der Waals surface area contributed by atoms with Gasteiger partial charge in [0, 0.05) is 55.5 Å². The minimum Gasteiger partial charge on any atom is -0.481 e. The Kier molecular flexibility index (Phi) is 4.68. The van der Waals surface area contributed by atoms with Crippen molar-refractivity contribution in [3.05, 3.63) is 30.5 Å². The number of amides is 2. The van der Waals surface area contributed by atoms with Crippen molar-refractivity contribution in [1.82, 2.24) is 15.2 Å². The number of hydrogen-bond donors (Lipinski definition) is 3. The lowest BCUT2D eigenvalue weighted by atomic mass is 9.86. The summed E-state index contributed by atoms with van der Waals surface area (Å²) in [6, 6.07) is 8.14. The molecule has 0 unspecified atom stereocenters. The summed E-state index contributed by atoms with van der Waals surface area (Å²) in [5.41, 5.74) is 1.52. The summed E-state index contributed by atoms with van der Waals surface area (Å²) >= 11 is 0. The number of H-pyrrole nitrogens is 1. The van der Waals surface area contributed by atoms with E-state index in [2.05, 4.69) is 33.4 Å². The predicted molar refractivity (Wildman–Crippen MR) is 104 cm³/mol. The van der Waals surface area contributed by atoms with Gasteiger partial charge in [-0.3, -0.25) is 4.79 Å². The molecule has 2 aliphatic rings. The highest BCUT2D eigenvalue weighted by Gasteiger charge is 2.41. The van der Waals surface area contributed by atoms with Gasteiger partial charge in [0.1, 0.15) is 0 Å². The highest BCUT2D eigenvalue weighted by molar-refractivity contribution is 5.92. The van der Waals surface area contributed by atoms with Crippen molar-refractivity contribution in [2.24, 2.45) is 5.41 Å². The molecular weight excluding hydrogens is 344 g/mol. The zero-order valence-electron chi connectivity index (χ0n) is 15.4. The number of carboxylic acid groups (broad SMARTS) is 1. The van der Waals surface area contributed by atoms with Crippen molar-refractivity contribution < 1.29 is 14.7 Å². The fourth-order valence-corrected chi connectivity index (χ4v) is 4.37. The van der Waals surface area contributed by atoms with Crippen LogP contribution in [0, 0.1) is 5.41 Å². The zero-order chi connectivity index (χ0) is 18.9. The molecule has 2 aromatic rings. The predicted octanol–water partition coefficient (Wildman–Crippen LogP) is 2.64. The smallest absolute Gasteiger partial charge is 0.317 e. The number of nitrogens with one attached hydrogen (secondary N) is 2. The first-order valence-corrected chi connectivity index (χ1v) is 9.66. The number of piperazine rings is 1. The Labute approximate surface area is 158 Å². The van der Waals surface area contributed by atoms with Crippen molar-refractivity contribution in [3.63, 3.8) is 0 Å². The van der Waals surface area contributed by atoms with Crippen LogP contribution in [0.3, 0.4) is 0 Å². The van der Waals surface area contributed by atoms with Crippen LogP contribution in [0.1, 0.15) is 25.7 Å². The Hall–Kier alpha value is -2.70. The summed E-state index contributed by atoms with van der Waals surface area (Å²) in [7, 11) is 0. The molecule has 7 nitrogen and oxygen atoms in total. The number of hydrogen-bond acceptors (Lipinski definition) is 3. The Morgan fingerprint density at radius 3 is 2.56 bits per heavy atom. The van der Waals surface area contributed by atoms with Gasteiger partial charge in [-0.2, -0.15) is 0 Å². The summed E-state index contributed by atoms with van der Waals surface area (Å²) in [6.07, 6.45) is 5.09. The van der Waals surface area contributed by atoms with E-state index in [1.54, 1.807) is 4.90 Å². The van der Waals surface area contributed by atoms with E-state index in [0.717, 1.165) is 31.4 Å². The maximum absolute atomic E-state index is 12.5. The van der Waals surface area contributed by atoms with Crippen molar-refractivity contribution in [2.75, 3.05) is 37.6 Å². The quantitative estimate of drug-likeness (QED) is 0.772. The number of rotatable bonds is 4. The van der Waals surface area contributed by atoms with Crippen LogP contribution in [0.5, 0.6) is 0 Å². The third-order valence-electron chi connectivity index (χ3n) is 6.07. The second-order valence-corrected chi connectivity index (χ2v) is 7.64. The van der Waals surface area contributed by atoms with E-state index in [9.17, 15) is 14.7 Å². The molecule has 1 aromatic heterocycles. The van der Waals surface area contributed by atoms with Gasteiger partial charge in [-0.1, -0.05) is 18.9 Å². The number of urea groups is 1. The lowest BCUT2D eigenvalue weighted by molar-refractivity contribution is -0.148. The summed E-state index contributed by atoms with van der Waals surface area (Å²) < 4.78 is 0. The van der Waals surface area contributed by atoms with Crippen molar-refractivity contribution >= 4 is 28.6 Å². The maximum atomic E-state index is 12.5. The third-order valence-corrected chi connectivity index (χ3v) is 6.07. The molecule has 0 radical (unpaired) electrons. The van der Waals surface area contributed by atoms with Crippen molar-refractivity contribution in [1.29, 1.82) is 0 Å². The number of fused-ring (bicyclic) bond motifs is 1. The molecule has 3 N–H and O–H groups in total. The molecule has 0 bridgehead atoms. The van der Waals surface area contributed by atoms with E-state index < -0.39 is 11.4 Å². The number of aliphatic carboxylic acids is 1. The topological polar surface area (TPSA) is 88.7 Å². The van der Waals surface area contributed by atoms with Gasteiger partial charge < -0.3 is 25.2 Å². The van der Waals surface area contributed by atoms with Crippen LogP contribution < -0.4 is 10.2 Å². The van der Waals surface area contributed by atoms with Crippen LogP contribution in [0.2, 0.25) is 0 Å². The van der Waals surface area contributed by atoms with Gasteiger partial charge in [0.25, 0.3) is 0 Å². The van der Waals surface area contributed by atoms with Crippen LogP contribution in [0.25, 0.3) is 10.9 Å². The molecule has 4 rings (SSSR count). The highest BCUT2D eigenvalue weighted by Crippen LogP contribution is 2.37. The molecule has 2 fully saturated rings. The fraction of sp³-hybridized carbons (Fsp3) is 0.500. The van der Waals surface area contributed by atoms with Gasteiger partial charge in [0.2, 0.25) is 0 Å². The third kappa shape index (κ3) is 3.34. The van der Waals surface area contributed by atoms with Crippen LogP contribution in [-0.2, 0) is 4.79 Å². The number of aromatic amines is 1. The van der Waals surface area contributed by atoms with Gasteiger partial charge >= 0.3 is 12.0 Å².